The molecule has 1 heterocycles. The quantitative estimate of drug-likeness (QED) is 0.403. The Morgan fingerprint density at radius 3 is 2.53 bits per heavy atom. The lowest BCUT2D eigenvalue weighted by atomic mass is 9.70. The van der Waals surface area contributed by atoms with Gasteiger partial charge in [-0.3, -0.25) is 9.59 Å². The number of fused-ring (bicyclic) bond motifs is 1. The standard InChI is InChI=1S/C27H25Cl2N3O2/c28-18-6-3-5-17(13-18)15-27(22-12-11-19(29)14-24(22)32-26(27)34)21-9-1-2-10-23(21)30-16-25(33)31-20-7-4-8-20/h1-3,5-6,9-14,20,30H,4,7-8,15-16H2,(H,31,33)(H,32,34). The van der Waals surface area contributed by atoms with Gasteiger partial charge < -0.3 is 16.0 Å². The lowest BCUT2D eigenvalue weighted by Crippen LogP contribution is -2.42. The van der Waals surface area contributed by atoms with E-state index < -0.39 is 5.41 Å². The van der Waals surface area contributed by atoms with Gasteiger partial charge in [0.25, 0.3) is 0 Å². The van der Waals surface area contributed by atoms with Gasteiger partial charge in [0, 0.05) is 27.5 Å². The minimum absolute atomic E-state index is 0.0496. The van der Waals surface area contributed by atoms with E-state index in [1.165, 1.54) is 0 Å². The molecular weight excluding hydrogens is 469 g/mol. The zero-order valence-electron chi connectivity index (χ0n) is 18.5. The zero-order chi connectivity index (χ0) is 23.7. The van der Waals surface area contributed by atoms with E-state index in [0.29, 0.717) is 22.2 Å². The summed E-state index contributed by atoms with van der Waals surface area (Å²) in [5.41, 5.74) is 2.99. The molecule has 1 unspecified atom stereocenters. The van der Waals surface area contributed by atoms with E-state index in [-0.39, 0.29) is 24.4 Å². The van der Waals surface area contributed by atoms with Crippen LogP contribution in [0.2, 0.25) is 10.0 Å². The molecule has 3 aromatic carbocycles. The molecule has 1 aliphatic heterocycles. The molecular formula is C27H25Cl2N3O2. The summed E-state index contributed by atoms with van der Waals surface area (Å²) in [6, 6.07) is 21.0. The van der Waals surface area contributed by atoms with Crippen LogP contribution in [0.15, 0.2) is 66.7 Å². The molecule has 0 spiro atoms. The lowest BCUT2D eigenvalue weighted by Gasteiger charge is -2.31. The Bertz CT molecular complexity index is 1260. The van der Waals surface area contributed by atoms with E-state index in [9.17, 15) is 9.59 Å². The van der Waals surface area contributed by atoms with Crippen molar-refractivity contribution >= 4 is 46.4 Å². The van der Waals surface area contributed by atoms with Crippen LogP contribution in [0.3, 0.4) is 0 Å². The van der Waals surface area contributed by atoms with Gasteiger partial charge in [-0.1, -0.05) is 59.6 Å². The molecule has 3 aromatic rings. The van der Waals surface area contributed by atoms with E-state index in [0.717, 1.165) is 41.6 Å². The first-order chi connectivity index (χ1) is 16.5. The number of benzene rings is 3. The summed E-state index contributed by atoms with van der Waals surface area (Å²) < 4.78 is 0. The summed E-state index contributed by atoms with van der Waals surface area (Å²) in [6.45, 7) is 0.135. The maximum absolute atomic E-state index is 13.7. The summed E-state index contributed by atoms with van der Waals surface area (Å²) in [6.07, 6.45) is 3.63. The molecule has 2 amide bonds. The largest absolute Gasteiger partial charge is 0.376 e. The Morgan fingerprint density at radius 2 is 1.76 bits per heavy atom. The van der Waals surface area contributed by atoms with Crippen LogP contribution in [0.5, 0.6) is 0 Å². The summed E-state index contributed by atoms with van der Waals surface area (Å²) in [5, 5.41) is 10.5. The van der Waals surface area contributed by atoms with Crippen molar-refractivity contribution in [2.75, 3.05) is 17.2 Å². The Morgan fingerprint density at radius 1 is 0.971 bits per heavy atom. The second-order valence-corrected chi connectivity index (χ2v) is 9.82. The van der Waals surface area contributed by atoms with Gasteiger partial charge in [-0.25, -0.2) is 0 Å². The Labute approximate surface area is 208 Å². The molecule has 0 saturated heterocycles. The van der Waals surface area contributed by atoms with Crippen LogP contribution < -0.4 is 16.0 Å². The molecule has 5 rings (SSSR count). The first-order valence-corrected chi connectivity index (χ1v) is 12.2. The number of amides is 2. The van der Waals surface area contributed by atoms with Crippen LogP contribution in [0.4, 0.5) is 11.4 Å². The number of halogens is 2. The van der Waals surface area contributed by atoms with Crippen molar-refractivity contribution in [3.05, 3.63) is 93.5 Å². The highest BCUT2D eigenvalue weighted by molar-refractivity contribution is 6.31. The SMILES string of the molecule is O=C(CNc1ccccc1C1(Cc2cccc(Cl)c2)C(=O)Nc2cc(Cl)ccc21)NC1CCC1. The molecule has 3 N–H and O–H groups in total. The lowest BCUT2D eigenvalue weighted by molar-refractivity contribution is -0.120. The minimum atomic E-state index is -1.02. The summed E-state index contributed by atoms with van der Waals surface area (Å²) in [5.74, 6) is -0.190. The number of carbonyl (C=O) groups excluding carboxylic acids is 2. The molecule has 1 aliphatic carbocycles. The number of carbonyl (C=O) groups is 2. The Hall–Kier alpha value is -3.02. The summed E-state index contributed by atoms with van der Waals surface area (Å²) in [4.78, 5) is 26.2. The molecule has 0 radical (unpaired) electrons. The van der Waals surface area contributed by atoms with Crippen LogP contribution in [-0.4, -0.2) is 24.4 Å². The van der Waals surface area contributed by atoms with Crippen molar-refractivity contribution in [1.82, 2.24) is 5.32 Å². The van der Waals surface area contributed by atoms with Gasteiger partial charge in [-0.05, 0) is 72.7 Å². The maximum Gasteiger partial charge on any atom is 0.240 e. The average molecular weight is 494 g/mol. The van der Waals surface area contributed by atoms with Gasteiger partial charge in [-0.15, -0.1) is 0 Å². The molecule has 174 valence electrons. The van der Waals surface area contributed by atoms with Crippen molar-refractivity contribution in [3.63, 3.8) is 0 Å². The number of anilines is 2. The van der Waals surface area contributed by atoms with Crippen LogP contribution in [0.1, 0.15) is 36.0 Å². The second kappa shape index (κ2) is 9.32. The molecule has 0 aromatic heterocycles. The molecule has 1 saturated carbocycles. The highest BCUT2D eigenvalue weighted by Crippen LogP contribution is 2.48. The minimum Gasteiger partial charge on any atom is -0.376 e. The van der Waals surface area contributed by atoms with E-state index >= 15 is 0 Å². The molecule has 1 atom stereocenters. The average Bonchev–Trinajstić information content (AvgIpc) is 3.06. The molecule has 34 heavy (non-hydrogen) atoms. The fourth-order valence-electron chi connectivity index (χ4n) is 4.85. The topological polar surface area (TPSA) is 70.2 Å². The van der Waals surface area contributed by atoms with Gasteiger partial charge in [0.05, 0.1) is 6.54 Å². The first kappa shape index (κ1) is 22.8. The Kier molecular flexibility index (Phi) is 6.24. The highest BCUT2D eigenvalue weighted by atomic mass is 35.5. The zero-order valence-corrected chi connectivity index (χ0v) is 20.0. The maximum atomic E-state index is 13.7. The highest BCUT2D eigenvalue weighted by Gasteiger charge is 2.49. The molecule has 2 aliphatic rings. The number of hydrogen-bond acceptors (Lipinski definition) is 3. The predicted molar refractivity (Wildman–Crippen MR) is 137 cm³/mol. The number of rotatable bonds is 7. The summed E-state index contributed by atoms with van der Waals surface area (Å²) >= 11 is 12.5. The third-order valence-electron chi connectivity index (χ3n) is 6.73. The van der Waals surface area contributed by atoms with E-state index in [1.54, 1.807) is 12.1 Å². The summed E-state index contributed by atoms with van der Waals surface area (Å²) in [7, 11) is 0. The van der Waals surface area contributed by atoms with Gasteiger partial charge in [0.1, 0.15) is 5.41 Å². The van der Waals surface area contributed by atoms with Crippen LogP contribution >= 0.6 is 23.2 Å². The van der Waals surface area contributed by atoms with Gasteiger partial charge in [-0.2, -0.15) is 0 Å². The molecule has 1 fully saturated rings. The third-order valence-corrected chi connectivity index (χ3v) is 7.20. The first-order valence-electron chi connectivity index (χ1n) is 11.4. The fraction of sp³-hybridized carbons (Fsp3) is 0.259. The van der Waals surface area contributed by atoms with Gasteiger partial charge >= 0.3 is 0 Å². The normalized spacial score (nSPS) is 19.2. The van der Waals surface area contributed by atoms with Crippen molar-refractivity contribution in [1.29, 1.82) is 0 Å². The van der Waals surface area contributed by atoms with Crippen LogP contribution in [0, 0.1) is 0 Å². The number of hydrogen-bond donors (Lipinski definition) is 3. The van der Waals surface area contributed by atoms with Crippen molar-refractivity contribution < 1.29 is 9.59 Å². The second-order valence-electron chi connectivity index (χ2n) is 8.95. The van der Waals surface area contributed by atoms with Crippen molar-refractivity contribution in [3.8, 4) is 0 Å². The molecule has 7 heteroatoms. The Balaban J connectivity index is 1.56. The smallest absolute Gasteiger partial charge is 0.240 e. The van der Waals surface area contributed by atoms with Gasteiger partial charge in [0.15, 0.2) is 0 Å². The molecule has 5 nitrogen and oxygen atoms in total. The number of nitrogens with one attached hydrogen (secondary N) is 3. The van der Waals surface area contributed by atoms with Crippen LogP contribution in [0.25, 0.3) is 0 Å². The van der Waals surface area contributed by atoms with E-state index in [2.05, 4.69) is 16.0 Å². The third kappa shape index (κ3) is 4.26. The van der Waals surface area contributed by atoms with Crippen LogP contribution in [-0.2, 0) is 21.4 Å². The van der Waals surface area contributed by atoms with Crippen molar-refractivity contribution in [2.45, 2.75) is 37.1 Å². The van der Waals surface area contributed by atoms with Crippen molar-refractivity contribution in [2.24, 2.45) is 0 Å². The number of para-hydroxylation sites is 1. The predicted octanol–water partition coefficient (Wildman–Crippen LogP) is 5.55. The van der Waals surface area contributed by atoms with Gasteiger partial charge in [0.2, 0.25) is 11.8 Å². The van der Waals surface area contributed by atoms with E-state index in [1.807, 2.05) is 54.6 Å². The monoisotopic (exact) mass is 493 g/mol. The van der Waals surface area contributed by atoms with E-state index in [4.69, 9.17) is 23.2 Å². The molecule has 0 bridgehead atoms. The fourth-order valence-corrected chi connectivity index (χ4v) is 5.24.